The number of nitrogens with one attached hydrogen (secondary N) is 1. The average molecular weight is 298 g/mol. The van der Waals surface area contributed by atoms with Gasteiger partial charge in [0.2, 0.25) is 0 Å². The van der Waals surface area contributed by atoms with Gasteiger partial charge in [0.25, 0.3) is 5.56 Å². The summed E-state index contributed by atoms with van der Waals surface area (Å²) in [6.07, 6.45) is -0.899. The predicted octanol–water partition coefficient (Wildman–Crippen LogP) is -0.745. The van der Waals surface area contributed by atoms with Gasteiger partial charge in [-0.3, -0.25) is 14.3 Å². The van der Waals surface area contributed by atoms with Crippen LogP contribution < -0.4 is 11.2 Å². The summed E-state index contributed by atoms with van der Waals surface area (Å²) >= 11 is 0. The van der Waals surface area contributed by atoms with Crippen LogP contribution >= 0.6 is 0 Å². The Balaban J connectivity index is 2.01. The minimum Gasteiger partial charge on any atom is -0.394 e. The lowest BCUT2D eigenvalue weighted by Crippen LogP contribution is -2.38. The molecule has 8 heteroatoms. The van der Waals surface area contributed by atoms with Crippen LogP contribution in [0.25, 0.3) is 0 Å². The second kappa shape index (κ2) is 4.77. The molecule has 0 spiro atoms. The highest BCUT2D eigenvalue weighted by Gasteiger charge is 2.55. The quantitative estimate of drug-likeness (QED) is 0.745. The molecule has 8 nitrogen and oxygen atoms in total. The Hall–Kier alpha value is -1.48. The highest BCUT2D eigenvalue weighted by molar-refractivity contribution is 5.04. The summed E-state index contributed by atoms with van der Waals surface area (Å²) in [5.74, 6) is -0.814. The molecule has 2 aliphatic rings. The van der Waals surface area contributed by atoms with Crippen molar-refractivity contribution in [1.82, 2.24) is 9.55 Å². The number of aliphatic hydroxyl groups is 1. The van der Waals surface area contributed by atoms with Gasteiger partial charge in [-0.05, 0) is 20.8 Å². The largest absolute Gasteiger partial charge is 0.394 e. The zero-order valence-electron chi connectivity index (χ0n) is 12.0. The first-order valence-electron chi connectivity index (χ1n) is 6.76. The number of aliphatic hydroxyl groups excluding tert-OH is 1. The van der Waals surface area contributed by atoms with Crippen LogP contribution in [0.15, 0.2) is 15.8 Å². The molecule has 0 unspecified atom stereocenters. The van der Waals surface area contributed by atoms with Gasteiger partial charge < -0.3 is 19.3 Å². The standard InChI is InChI=1S/C13H18N2O6/c1-6-4-15(12(18)14-10(6)17)11-9-8(7(5-16)19-11)20-13(2,3)21-9/h4,7-9,11,16H,5H2,1-3H3,(H,14,17,18)/t7-,8-,9-,11+/m1/s1. The van der Waals surface area contributed by atoms with Crippen molar-refractivity contribution in [1.29, 1.82) is 0 Å². The van der Waals surface area contributed by atoms with Crippen molar-refractivity contribution in [2.24, 2.45) is 0 Å². The Kier molecular flexibility index (Phi) is 3.28. The van der Waals surface area contributed by atoms with E-state index < -0.39 is 41.6 Å². The minimum atomic E-state index is -0.814. The van der Waals surface area contributed by atoms with Crippen LogP contribution in [0.4, 0.5) is 0 Å². The minimum absolute atomic E-state index is 0.242. The second-order valence-corrected chi connectivity index (χ2v) is 5.79. The third-order valence-corrected chi connectivity index (χ3v) is 3.73. The summed E-state index contributed by atoms with van der Waals surface area (Å²) in [6, 6.07) is 0. The molecule has 0 amide bonds. The summed E-state index contributed by atoms with van der Waals surface area (Å²) in [6.45, 7) is 4.88. The van der Waals surface area contributed by atoms with E-state index in [2.05, 4.69) is 4.98 Å². The summed E-state index contributed by atoms with van der Waals surface area (Å²) in [5.41, 5.74) is -0.630. The number of hydrogen-bond acceptors (Lipinski definition) is 6. The normalized spacial score (nSPS) is 34.1. The predicted molar refractivity (Wildman–Crippen MR) is 70.9 cm³/mol. The Morgan fingerprint density at radius 3 is 2.67 bits per heavy atom. The summed E-state index contributed by atoms with van der Waals surface area (Å²) in [5, 5.41) is 9.41. The summed E-state index contributed by atoms with van der Waals surface area (Å²) in [7, 11) is 0. The van der Waals surface area contributed by atoms with Gasteiger partial charge in [-0.25, -0.2) is 4.79 Å². The van der Waals surface area contributed by atoms with E-state index in [1.807, 2.05) is 0 Å². The van der Waals surface area contributed by atoms with Crippen molar-refractivity contribution in [3.8, 4) is 0 Å². The maximum absolute atomic E-state index is 12.0. The van der Waals surface area contributed by atoms with E-state index in [1.54, 1.807) is 20.8 Å². The van der Waals surface area contributed by atoms with Gasteiger partial charge in [-0.2, -0.15) is 0 Å². The van der Waals surface area contributed by atoms with Crippen molar-refractivity contribution >= 4 is 0 Å². The van der Waals surface area contributed by atoms with Gasteiger partial charge in [0, 0.05) is 11.8 Å². The molecule has 0 aliphatic carbocycles. The third-order valence-electron chi connectivity index (χ3n) is 3.73. The van der Waals surface area contributed by atoms with Gasteiger partial charge in [0.1, 0.15) is 18.3 Å². The summed E-state index contributed by atoms with van der Waals surface area (Å²) < 4.78 is 18.5. The Bertz CT molecular complexity index is 663. The maximum atomic E-state index is 12.0. The molecule has 116 valence electrons. The number of aryl methyl sites for hydroxylation is 1. The second-order valence-electron chi connectivity index (χ2n) is 5.79. The highest BCUT2D eigenvalue weighted by atomic mass is 16.8. The van der Waals surface area contributed by atoms with Gasteiger partial charge >= 0.3 is 5.69 Å². The lowest BCUT2D eigenvalue weighted by Gasteiger charge is -2.24. The van der Waals surface area contributed by atoms with Crippen LogP contribution in [0.1, 0.15) is 25.6 Å². The van der Waals surface area contributed by atoms with Crippen molar-refractivity contribution in [3.05, 3.63) is 32.6 Å². The topological polar surface area (TPSA) is 103 Å². The number of ether oxygens (including phenoxy) is 3. The number of H-pyrrole nitrogens is 1. The molecule has 1 aromatic rings. The van der Waals surface area contributed by atoms with Crippen molar-refractivity contribution in [3.63, 3.8) is 0 Å². The van der Waals surface area contributed by atoms with Gasteiger partial charge in [-0.1, -0.05) is 0 Å². The first-order valence-corrected chi connectivity index (χ1v) is 6.76. The third kappa shape index (κ3) is 2.34. The molecule has 3 rings (SSSR count). The molecule has 0 aromatic carbocycles. The maximum Gasteiger partial charge on any atom is 0.330 e. The smallest absolute Gasteiger partial charge is 0.330 e. The number of aromatic nitrogens is 2. The van der Waals surface area contributed by atoms with E-state index in [4.69, 9.17) is 14.2 Å². The van der Waals surface area contributed by atoms with Crippen LogP contribution in [-0.2, 0) is 14.2 Å². The van der Waals surface area contributed by atoms with Gasteiger partial charge in [0.05, 0.1) is 6.61 Å². The zero-order chi connectivity index (χ0) is 15.4. The molecule has 2 saturated heterocycles. The van der Waals surface area contributed by atoms with E-state index in [0.29, 0.717) is 5.56 Å². The number of nitrogens with zero attached hydrogens (tertiary/aromatic N) is 1. The molecule has 4 atom stereocenters. The Morgan fingerprint density at radius 1 is 1.33 bits per heavy atom. The van der Waals surface area contributed by atoms with E-state index in [9.17, 15) is 14.7 Å². The van der Waals surface area contributed by atoms with Gasteiger partial charge in [-0.15, -0.1) is 0 Å². The van der Waals surface area contributed by atoms with E-state index in [0.717, 1.165) is 0 Å². The Morgan fingerprint density at radius 2 is 2.00 bits per heavy atom. The molecule has 0 bridgehead atoms. The number of aromatic amines is 1. The number of hydrogen-bond donors (Lipinski definition) is 2. The van der Waals surface area contributed by atoms with Crippen LogP contribution in [0.5, 0.6) is 0 Å². The first kappa shape index (κ1) is 14.5. The molecular weight excluding hydrogens is 280 g/mol. The number of fused-ring (bicyclic) bond motifs is 1. The van der Waals surface area contributed by atoms with Crippen LogP contribution in [0, 0.1) is 6.92 Å². The molecule has 2 aliphatic heterocycles. The fourth-order valence-electron chi connectivity index (χ4n) is 2.81. The monoisotopic (exact) mass is 298 g/mol. The molecule has 0 saturated carbocycles. The fraction of sp³-hybridized carbons (Fsp3) is 0.692. The van der Waals surface area contributed by atoms with E-state index >= 15 is 0 Å². The van der Waals surface area contributed by atoms with E-state index in [1.165, 1.54) is 10.8 Å². The average Bonchev–Trinajstić information content (AvgIpc) is 2.87. The Labute approximate surface area is 120 Å². The van der Waals surface area contributed by atoms with Crippen LogP contribution in [0.2, 0.25) is 0 Å². The van der Waals surface area contributed by atoms with Crippen LogP contribution in [-0.4, -0.2) is 45.4 Å². The fourth-order valence-corrected chi connectivity index (χ4v) is 2.81. The lowest BCUT2D eigenvalue weighted by atomic mass is 10.1. The molecule has 1 aromatic heterocycles. The molecule has 2 fully saturated rings. The molecule has 21 heavy (non-hydrogen) atoms. The van der Waals surface area contributed by atoms with Crippen molar-refractivity contribution < 1.29 is 19.3 Å². The first-order chi connectivity index (χ1) is 9.82. The highest BCUT2D eigenvalue weighted by Crippen LogP contribution is 2.42. The van der Waals surface area contributed by atoms with Crippen molar-refractivity contribution in [2.75, 3.05) is 6.61 Å². The lowest BCUT2D eigenvalue weighted by molar-refractivity contribution is -0.200. The van der Waals surface area contributed by atoms with Crippen LogP contribution in [0.3, 0.4) is 0 Å². The van der Waals surface area contributed by atoms with Crippen molar-refractivity contribution in [2.45, 2.75) is 51.1 Å². The number of rotatable bonds is 2. The molecule has 3 heterocycles. The molecule has 0 radical (unpaired) electrons. The van der Waals surface area contributed by atoms with E-state index in [-0.39, 0.29) is 6.61 Å². The van der Waals surface area contributed by atoms with Gasteiger partial charge in [0.15, 0.2) is 12.0 Å². The molecular formula is C13H18N2O6. The zero-order valence-corrected chi connectivity index (χ0v) is 12.0. The SMILES string of the molecule is Cc1cn([C@H]2O[C@H](CO)[C@H]3OC(C)(C)O[C@H]32)c(=O)[nH]c1=O. The summed E-state index contributed by atoms with van der Waals surface area (Å²) in [4.78, 5) is 25.7. The molecule has 2 N–H and O–H groups in total.